The van der Waals surface area contributed by atoms with Gasteiger partial charge in [0.15, 0.2) is 0 Å². The van der Waals surface area contributed by atoms with Crippen LogP contribution in [-0.2, 0) is 26.2 Å². The molecule has 0 unspecified atom stereocenters. The Kier molecular flexibility index (Phi) is 12.7. The van der Waals surface area contributed by atoms with Gasteiger partial charge in [-0.2, -0.15) is 18.4 Å². The highest BCUT2D eigenvalue weighted by atomic mass is 19.4. The van der Waals surface area contributed by atoms with Crippen LogP contribution in [-0.4, -0.2) is 104 Å². The Morgan fingerprint density at radius 3 is 2.42 bits per heavy atom. The average Bonchev–Trinajstić information content (AvgIpc) is 3.40. The number of methoxy groups -OCH3 is 2. The lowest BCUT2D eigenvalue weighted by molar-refractivity contribution is -0.140. The van der Waals surface area contributed by atoms with E-state index in [-0.39, 0.29) is 24.2 Å². The van der Waals surface area contributed by atoms with Crippen LogP contribution in [0.2, 0.25) is 0 Å². The number of nitrogens with one attached hydrogen (secondary N) is 2. The molecule has 258 valence electrons. The Bertz CT molecular complexity index is 1600. The van der Waals surface area contributed by atoms with Gasteiger partial charge in [0.05, 0.1) is 66.6 Å². The summed E-state index contributed by atoms with van der Waals surface area (Å²) in [5.74, 6) is 5.91. The molecule has 0 radical (unpaired) electrons. The molecule has 1 amide bonds. The van der Waals surface area contributed by atoms with Gasteiger partial charge in [-0.1, -0.05) is 12.0 Å². The van der Waals surface area contributed by atoms with Gasteiger partial charge in [0, 0.05) is 57.5 Å². The van der Waals surface area contributed by atoms with E-state index in [1.54, 1.807) is 69.5 Å². The number of halogens is 3. The maximum absolute atomic E-state index is 13.7. The van der Waals surface area contributed by atoms with Gasteiger partial charge in [-0.3, -0.25) is 14.7 Å². The second kappa shape index (κ2) is 16.7. The Labute approximate surface area is 280 Å². The van der Waals surface area contributed by atoms with Gasteiger partial charge >= 0.3 is 6.18 Å². The quantitative estimate of drug-likeness (QED) is 0.235. The molecule has 2 aromatic heterocycles. The molecular formula is C35H44F3N7O3. The summed E-state index contributed by atoms with van der Waals surface area (Å²) in [7, 11) is 3.21. The molecule has 3 heterocycles. The summed E-state index contributed by atoms with van der Waals surface area (Å²) >= 11 is 0. The highest BCUT2D eigenvalue weighted by Gasteiger charge is 2.30. The number of likely N-dealkylation sites (tertiary alicyclic amines) is 1. The summed E-state index contributed by atoms with van der Waals surface area (Å²) in [5.41, 5.74) is 2.08. The normalized spacial score (nSPS) is 14.3. The van der Waals surface area contributed by atoms with Crippen LogP contribution in [0, 0.1) is 23.2 Å². The van der Waals surface area contributed by atoms with E-state index in [1.165, 1.54) is 4.57 Å². The summed E-state index contributed by atoms with van der Waals surface area (Å²) in [6.07, 6.45) is -1.25. The number of nitriles is 1. The fraction of sp³-hybridized carbons (Fsp3) is 0.514. The summed E-state index contributed by atoms with van der Waals surface area (Å²) in [5, 5.41) is 16.7. The number of anilines is 2. The second-order valence-electron chi connectivity index (χ2n) is 12.4. The Morgan fingerprint density at radius 2 is 1.81 bits per heavy atom. The second-order valence-corrected chi connectivity index (χ2v) is 12.4. The molecule has 1 aliphatic rings. The molecule has 0 aliphatic carbocycles. The lowest BCUT2D eigenvalue weighted by Crippen LogP contribution is -2.46. The number of benzene rings is 1. The van der Waals surface area contributed by atoms with Crippen molar-refractivity contribution in [3.63, 3.8) is 0 Å². The number of nitrogens with zero attached hydrogens (tertiary/aromatic N) is 5. The fourth-order valence-electron chi connectivity index (χ4n) is 5.58. The highest BCUT2D eigenvalue weighted by molar-refractivity contribution is 5.94. The molecule has 48 heavy (non-hydrogen) atoms. The number of pyridine rings is 1. The SMILES string of the molecule is COCCN(CCOC)C(=O)CN1CCC(Nc2cccc3c2cc(C#CCNc2ccc(C(C)(C)C#N)nc2)n3CC(F)(F)F)CC1. The summed E-state index contributed by atoms with van der Waals surface area (Å²) in [4.78, 5) is 21.2. The van der Waals surface area contributed by atoms with Crippen LogP contribution < -0.4 is 10.6 Å². The van der Waals surface area contributed by atoms with E-state index in [1.807, 2.05) is 6.07 Å². The van der Waals surface area contributed by atoms with Crippen LogP contribution >= 0.6 is 0 Å². The van der Waals surface area contributed by atoms with Crippen LogP contribution in [0.1, 0.15) is 38.1 Å². The minimum atomic E-state index is -4.43. The molecular weight excluding hydrogens is 623 g/mol. The van der Waals surface area contributed by atoms with Crippen molar-refractivity contribution in [2.75, 3.05) is 77.3 Å². The van der Waals surface area contributed by atoms with Crippen molar-refractivity contribution in [1.29, 1.82) is 5.26 Å². The van der Waals surface area contributed by atoms with Gasteiger partial charge in [0.2, 0.25) is 5.91 Å². The monoisotopic (exact) mass is 667 g/mol. The molecule has 2 N–H and O–H groups in total. The Morgan fingerprint density at radius 1 is 1.10 bits per heavy atom. The fourth-order valence-corrected chi connectivity index (χ4v) is 5.58. The van der Waals surface area contributed by atoms with Crippen LogP contribution in [0.15, 0.2) is 42.6 Å². The topological polar surface area (TPSA) is 108 Å². The minimum absolute atomic E-state index is 0.0318. The van der Waals surface area contributed by atoms with Gasteiger partial charge in [-0.05, 0) is 62.9 Å². The number of hydrogen-bond acceptors (Lipinski definition) is 8. The maximum atomic E-state index is 13.7. The molecule has 3 aromatic rings. The maximum Gasteiger partial charge on any atom is 0.406 e. The smallest absolute Gasteiger partial charge is 0.383 e. The van der Waals surface area contributed by atoms with Crippen molar-refractivity contribution in [2.45, 2.75) is 50.9 Å². The molecule has 0 bridgehead atoms. The number of alkyl halides is 3. The van der Waals surface area contributed by atoms with Crippen LogP contribution in [0.4, 0.5) is 24.5 Å². The van der Waals surface area contributed by atoms with Crippen LogP contribution in [0.5, 0.6) is 0 Å². The number of piperidine rings is 1. The van der Waals surface area contributed by atoms with Crippen LogP contribution in [0.25, 0.3) is 10.9 Å². The largest absolute Gasteiger partial charge is 0.406 e. The number of ether oxygens (including phenoxy) is 2. The molecule has 0 atom stereocenters. The molecule has 13 heteroatoms. The van der Waals surface area contributed by atoms with Crippen molar-refractivity contribution >= 4 is 28.2 Å². The number of fused-ring (bicyclic) bond motifs is 1. The number of hydrogen-bond donors (Lipinski definition) is 2. The predicted molar refractivity (Wildman–Crippen MR) is 180 cm³/mol. The molecule has 1 aliphatic heterocycles. The van der Waals surface area contributed by atoms with Gasteiger partial charge in [-0.25, -0.2) is 0 Å². The number of amides is 1. The average molecular weight is 668 g/mol. The lowest BCUT2D eigenvalue weighted by Gasteiger charge is -2.34. The standard InChI is InChI=1S/C35H44F3N7O3/c1-34(2,24-39)32-11-10-27(22-41-32)40-14-6-7-28-21-29-30(8-5-9-31(29)45(28)25-35(36,37)38)42-26-12-15-43(16-13-26)23-33(46)44(17-19-47-3)18-20-48-4/h5,8-11,21-22,26,40,42H,12-20,23,25H2,1-4H3. The van der Waals surface area contributed by atoms with Crippen molar-refractivity contribution in [2.24, 2.45) is 0 Å². The van der Waals surface area contributed by atoms with Gasteiger partial charge in [0.1, 0.15) is 6.54 Å². The van der Waals surface area contributed by atoms with Crippen LogP contribution in [0.3, 0.4) is 0 Å². The third-order valence-electron chi connectivity index (χ3n) is 8.35. The zero-order valence-electron chi connectivity index (χ0n) is 28.0. The third-order valence-corrected chi connectivity index (χ3v) is 8.35. The molecule has 1 saturated heterocycles. The lowest BCUT2D eigenvalue weighted by atomic mass is 9.91. The van der Waals surface area contributed by atoms with Crippen molar-refractivity contribution in [1.82, 2.24) is 19.4 Å². The van der Waals surface area contributed by atoms with Crippen molar-refractivity contribution in [3.05, 3.63) is 54.0 Å². The minimum Gasteiger partial charge on any atom is -0.383 e. The van der Waals surface area contributed by atoms with E-state index in [0.717, 1.165) is 31.6 Å². The first-order chi connectivity index (χ1) is 22.9. The number of rotatable bonds is 14. The first kappa shape index (κ1) is 36.5. The Hall–Kier alpha value is -4.30. The van der Waals surface area contributed by atoms with E-state index in [0.29, 0.717) is 55.1 Å². The van der Waals surface area contributed by atoms with Gasteiger partial charge in [0.25, 0.3) is 0 Å². The summed E-state index contributed by atoms with van der Waals surface area (Å²) in [6, 6.07) is 12.9. The number of carbonyl (C=O) groups excluding carboxylic acids is 1. The molecule has 0 spiro atoms. The zero-order chi connectivity index (χ0) is 34.7. The van der Waals surface area contributed by atoms with Crippen molar-refractivity contribution < 1.29 is 27.4 Å². The molecule has 1 aromatic carbocycles. The predicted octanol–water partition coefficient (Wildman–Crippen LogP) is 4.86. The van der Waals surface area contributed by atoms with Crippen molar-refractivity contribution in [3.8, 4) is 17.9 Å². The van der Waals surface area contributed by atoms with Gasteiger partial charge in [-0.15, -0.1) is 0 Å². The van der Waals surface area contributed by atoms with E-state index in [9.17, 15) is 23.2 Å². The third kappa shape index (κ3) is 10.1. The Balaban J connectivity index is 1.42. The summed E-state index contributed by atoms with van der Waals surface area (Å²) < 4.78 is 52.6. The van der Waals surface area contributed by atoms with Gasteiger partial charge < -0.3 is 29.6 Å². The highest BCUT2D eigenvalue weighted by Crippen LogP contribution is 2.31. The number of aromatic nitrogens is 2. The molecule has 4 rings (SSSR count). The zero-order valence-corrected chi connectivity index (χ0v) is 28.0. The first-order valence-corrected chi connectivity index (χ1v) is 16.0. The molecule has 0 saturated carbocycles. The van der Waals surface area contributed by atoms with E-state index in [2.05, 4.69) is 38.4 Å². The molecule has 10 nitrogen and oxygen atoms in total. The van der Waals surface area contributed by atoms with E-state index < -0.39 is 18.1 Å². The number of carbonyl (C=O) groups is 1. The first-order valence-electron chi connectivity index (χ1n) is 16.0. The van der Waals surface area contributed by atoms with E-state index in [4.69, 9.17) is 9.47 Å². The molecule has 1 fully saturated rings. The van der Waals surface area contributed by atoms with E-state index >= 15 is 0 Å². The summed E-state index contributed by atoms with van der Waals surface area (Å²) in [6.45, 7) is 6.28.